The molecule has 5 nitrogen and oxygen atoms in total. The molecule has 28 heavy (non-hydrogen) atoms. The van der Waals surface area contributed by atoms with Crippen LogP contribution in [0.5, 0.6) is 0 Å². The van der Waals surface area contributed by atoms with E-state index in [4.69, 9.17) is 4.84 Å². The van der Waals surface area contributed by atoms with Crippen LogP contribution < -0.4 is 0 Å². The molecule has 0 amide bonds. The molecule has 1 saturated heterocycles. The first-order valence-electron chi connectivity index (χ1n) is 10.5. The topological polar surface area (TPSA) is 59.0 Å². The van der Waals surface area contributed by atoms with Gasteiger partial charge in [-0.2, -0.15) is 0 Å². The minimum atomic E-state index is -3.41. The zero-order chi connectivity index (χ0) is 20.4. The molecule has 2 aliphatic rings. The van der Waals surface area contributed by atoms with Gasteiger partial charge in [0.15, 0.2) is 9.84 Å². The number of sulfone groups is 1. The first-order valence-corrected chi connectivity index (χ1v) is 12.0. The van der Waals surface area contributed by atoms with Crippen molar-refractivity contribution in [3.05, 3.63) is 30.3 Å². The van der Waals surface area contributed by atoms with Crippen LogP contribution in [-0.4, -0.2) is 43.1 Å². The minimum absolute atomic E-state index is 0.245. The zero-order valence-corrected chi connectivity index (χ0v) is 18.4. The number of benzene rings is 1. The zero-order valence-electron chi connectivity index (χ0n) is 17.6. The van der Waals surface area contributed by atoms with Gasteiger partial charge in [-0.25, -0.2) is 8.42 Å². The first-order chi connectivity index (χ1) is 13.2. The third-order valence-electron chi connectivity index (χ3n) is 5.77. The molecular formula is C22H34N2O3S. The van der Waals surface area contributed by atoms with Gasteiger partial charge in [0, 0.05) is 18.9 Å². The molecule has 1 fully saturated rings. The van der Waals surface area contributed by atoms with Crippen LogP contribution in [0.1, 0.15) is 59.8 Å². The second-order valence-corrected chi connectivity index (χ2v) is 11.3. The van der Waals surface area contributed by atoms with E-state index in [2.05, 4.69) is 37.8 Å². The van der Waals surface area contributed by atoms with Crippen molar-refractivity contribution in [3.8, 4) is 0 Å². The predicted molar refractivity (Wildman–Crippen MR) is 113 cm³/mol. The summed E-state index contributed by atoms with van der Waals surface area (Å²) in [5, 5.41) is 3.87. The number of nitrogens with zero attached hydrogens (tertiary/aromatic N) is 2. The van der Waals surface area contributed by atoms with Crippen LogP contribution in [0.25, 0.3) is 0 Å². The number of hydrogen-bond acceptors (Lipinski definition) is 5. The molecule has 0 aliphatic carbocycles. The molecule has 0 spiro atoms. The molecule has 2 heterocycles. The van der Waals surface area contributed by atoms with Crippen LogP contribution in [0.3, 0.4) is 0 Å². The lowest BCUT2D eigenvalue weighted by Gasteiger charge is -2.38. The Morgan fingerprint density at radius 2 is 1.93 bits per heavy atom. The van der Waals surface area contributed by atoms with Crippen molar-refractivity contribution >= 4 is 15.5 Å². The monoisotopic (exact) mass is 406 g/mol. The summed E-state index contributed by atoms with van der Waals surface area (Å²) in [4.78, 5) is 8.18. The van der Waals surface area contributed by atoms with Crippen molar-refractivity contribution in [3.63, 3.8) is 0 Å². The van der Waals surface area contributed by atoms with Crippen molar-refractivity contribution in [2.24, 2.45) is 17.0 Å². The number of hydrogen-bond donors (Lipinski definition) is 0. The second-order valence-electron chi connectivity index (χ2n) is 9.23. The molecule has 1 aromatic carbocycles. The van der Waals surface area contributed by atoms with Crippen LogP contribution in [-0.2, 0) is 14.7 Å². The van der Waals surface area contributed by atoms with Gasteiger partial charge in [-0.3, -0.25) is 4.90 Å². The third kappa shape index (κ3) is 4.95. The van der Waals surface area contributed by atoms with E-state index in [0.29, 0.717) is 17.2 Å². The Hall–Kier alpha value is -1.40. The molecule has 0 aromatic heterocycles. The lowest BCUT2D eigenvalue weighted by atomic mass is 9.88. The van der Waals surface area contributed by atoms with Crippen LogP contribution in [0.4, 0.5) is 0 Å². The molecule has 156 valence electrons. The van der Waals surface area contributed by atoms with E-state index in [-0.39, 0.29) is 11.5 Å². The molecule has 2 atom stereocenters. The van der Waals surface area contributed by atoms with E-state index in [0.717, 1.165) is 44.5 Å². The lowest BCUT2D eigenvalue weighted by molar-refractivity contribution is 0.0123. The summed E-state index contributed by atoms with van der Waals surface area (Å²) in [6.07, 6.45) is 4.43. The van der Waals surface area contributed by atoms with Gasteiger partial charge in [-0.05, 0) is 64.1 Å². The van der Waals surface area contributed by atoms with Crippen molar-refractivity contribution in [1.29, 1.82) is 0 Å². The normalized spacial score (nSPS) is 24.0. The van der Waals surface area contributed by atoms with Crippen LogP contribution in [0, 0.1) is 11.8 Å². The van der Waals surface area contributed by atoms with E-state index >= 15 is 0 Å². The SMILES string of the molecule is CC(C)CCC(N1CCCC(C2=NOC(C)(C)C2)C1)S(=O)(=O)c1ccccc1. The highest BCUT2D eigenvalue weighted by atomic mass is 32.2. The molecule has 0 saturated carbocycles. The summed E-state index contributed by atoms with van der Waals surface area (Å²) < 4.78 is 27.0. The predicted octanol–water partition coefficient (Wildman–Crippen LogP) is 4.49. The smallest absolute Gasteiger partial charge is 0.194 e. The largest absolute Gasteiger partial charge is 0.389 e. The molecule has 0 radical (unpaired) electrons. The Balaban J connectivity index is 1.82. The van der Waals surface area contributed by atoms with Gasteiger partial charge in [-0.1, -0.05) is 37.2 Å². The highest BCUT2D eigenvalue weighted by molar-refractivity contribution is 7.92. The van der Waals surface area contributed by atoms with Gasteiger partial charge in [0.05, 0.1) is 10.6 Å². The van der Waals surface area contributed by atoms with Crippen molar-refractivity contribution in [2.45, 2.75) is 75.7 Å². The fourth-order valence-electron chi connectivity index (χ4n) is 4.22. The quantitative estimate of drug-likeness (QED) is 0.669. The molecular weight excluding hydrogens is 372 g/mol. The first kappa shape index (κ1) is 21.3. The van der Waals surface area contributed by atoms with Gasteiger partial charge in [-0.15, -0.1) is 0 Å². The minimum Gasteiger partial charge on any atom is -0.389 e. The van der Waals surface area contributed by atoms with Gasteiger partial charge < -0.3 is 4.84 Å². The Bertz CT molecular complexity index is 787. The summed E-state index contributed by atoms with van der Waals surface area (Å²) in [6, 6.07) is 8.91. The average Bonchev–Trinajstić information content (AvgIpc) is 3.02. The van der Waals surface area contributed by atoms with Crippen LogP contribution >= 0.6 is 0 Å². The second kappa shape index (κ2) is 8.54. The van der Waals surface area contributed by atoms with Gasteiger partial charge in [0.2, 0.25) is 0 Å². The molecule has 2 unspecified atom stereocenters. The Kier molecular flexibility index (Phi) is 6.50. The lowest BCUT2D eigenvalue weighted by Crippen LogP contribution is -2.48. The molecule has 0 N–H and O–H groups in total. The van der Waals surface area contributed by atoms with E-state index in [9.17, 15) is 8.42 Å². The maximum atomic E-state index is 13.5. The summed E-state index contributed by atoms with van der Waals surface area (Å²) in [6.45, 7) is 9.97. The highest BCUT2D eigenvalue weighted by Crippen LogP contribution is 2.33. The van der Waals surface area contributed by atoms with E-state index in [1.165, 1.54) is 0 Å². The number of oxime groups is 1. The van der Waals surface area contributed by atoms with Crippen LogP contribution in [0.15, 0.2) is 40.4 Å². The molecule has 3 rings (SSSR count). The number of rotatable bonds is 7. The number of piperidine rings is 1. The Morgan fingerprint density at radius 3 is 2.54 bits per heavy atom. The summed E-state index contributed by atoms with van der Waals surface area (Å²) in [5.41, 5.74) is 0.847. The number of likely N-dealkylation sites (tertiary alicyclic amines) is 1. The van der Waals surface area contributed by atoms with Gasteiger partial charge >= 0.3 is 0 Å². The van der Waals surface area contributed by atoms with Crippen molar-refractivity contribution < 1.29 is 13.3 Å². The fraction of sp³-hybridized carbons (Fsp3) is 0.682. The highest BCUT2D eigenvalue weighted by Gasteiger charge is 2.39. The van der Waals surface area contributed by atoms with Crippen molar-refractivity contribution in [1.82, 2.24) is 4.90 Å². The average molecular weight is 407 g/mol. The maximum Gasteiger partial charge on any atom is 0.194 e. The molecule has 0 bridgehead atoms. The summed E-state index contributed by atoms with van der Waals surface area (Å²) in [5.74, 6) is 0.755. The van der Waals surface area contributed by atoms with E-state index in [1.54, 1.807) is 24.3 Å². The van der Waals surface area contributed by atoms with Gasteiger partial charge in [0.1, 0.15) is 11.0 Å². The molecule has 1 aromatic rings. The van der Waals surface area contributed by atoms with E-state index in [1.807, 2.05) is 6.07 Å². The fourth-order valence-corrected chi connectivity index (χ4v) is 6.10. The standard InChI is InChI=1S/C22H34N2O3S/c1-17(2)12-13-21(28(25,26)19-10-6-5-7-11-19)24-14-8-9-18(16-24)20-15-22(3,4)27-23-20/h5-7,10-11,17-18,21H,8-9,12-16H2,1-4H3. The maximum absolute atomic E-state index is 13.5. The molecule has 6 heteroatoms. The van der Waals surface area contributed by atoms with Gasteiger partial charge in [0.25, 0.3) is 0 Å². The van der Waals surface area contributed by atoms with Crippen molar-refractivity contribution in [2.75, 3.05) is 13.1 Å². The van der Waals surface area contributed by atoms with Crippen LogP contribution in [0.2, 0.25) is 0 Å². The Morgan fingerprint density at radius 1 is 1.21 bits per heavy atom. The summed E-state index contributed by atoms with van der Waals surface area (Å²) >= 11 is 0. The van der Waals surface area contributed by atoms with E-state index < -0.39 is 15.2 Å². The third-order valence-corrected chi connectivity index (χ3v) is 7.95. The Labute approximate surface area is 170 Å². The molecule has 2 aliphatic heterocycles. The summed E-state index contributed by atoms with van der Waals surface area (Å²) in [7, 11) is -3.41.